The van der Waals surface area contributed by atoms with Crippen molar-refractivity contribution < 1.29 is 14.2 Å². The van der Waals surface area contributed by atoms with E-state index in [9.17, 15) is 0 Å². The van der Waals surface area contributed by atoms with E-state index < -0.39 is 0 Å². The van der Waals surface area contributed by atoms with Gasteiger partial charge in [-0.05, 0) is 32.4 Å². The molecule has 0 saturated heterocycles. The van der Waals surface area contributed by atoms with Gasteiger partial charge in [0.25, 0.3) is 0 Å². The van der Waals surface area contributed by atoms with Crippen molar-refractivity contribution in [3.05, 3.63) is 29.8 Å². The maximum absolute atomic E-state index is 5.85. The van der Waals surface area contributed by atoms with Gasteiger partial charge in [0.05, 0.1) is 6.61 Å². The lowest BCUT2D eigenvalue weighted by molar-refractivity contribution is 0.0803. The molecule has 1 rings (SSSR count). The van der Waals surface area contributed by atoms with Crippen molar-refractivity contribution in [2.24, 2.45) is 0 Å². The number of hydrogen-bond donors (Lipinski definition) is 1. The fraction of sp³-hybridized carbons (Fsp3) is 0.647. The van der Waals surface area contributed by atoms with E-state index in [1.807, 2.05) is 18.2 Å². The molecule has 4 heteroatoms. The molecule has 0 spiro atoms. The molecule has 0 bridgehead atoms. The first kappa shape index (κ1) is 18.0. The van der Waals surface area contributed by atoms with E-state index >= 15 is 0 Å². The molecule has 0 aliphatic heterocycles. The van der Waals surface area contributed by atoms with Gasteiger partial charge in [0.2, 0.25) is 0 Å². The second kappa shape index (κ2) is 11.5. The zero-order valence-electron chi connectivity index (χ0n) is 13.6. The van der Waals surface area contributed by atoms with Crippen molar-refractivity contribution in [3.63, 3.8) is 0 Å². The molecule has 1 unspecified atom stereocenters. The van der Waals surface area contributed by atoms with Gasteiger partial charge in [-0.15, -0.1) is 0 Å². The first-order valence-corrected chi connectivity index (χ1v) is 7.81. The van der Waals surface area contributed by atoms with E-state index in [1.165, 1.54) is 5.56 Å². The second-order valence-corrected chi connectivity index (χ2v) is 5.02. The second-order valence-electron chi connectivity index (χ2n) is 5.02. The van der Waals surface area contributed by atoms with Crippen LogP contribution in [0, 0.1) is 0 Å². The summed E-state index contributed by atoms with van der Waals surface area (Å²) in [6.45, 7) is 7.98. The van der Waals surface area contributed by atoms with Crippen molar-refractivity contribution >= 4 is 0 Å². The van der Waals surface area contributed by atoms with E-state index in [4.69, 9.17) is 14.2 Å². The van der Waals surface area contributed by atoms with Gasteiger partial charge in [-0.3, -0.25) is 0 Å². The van der Waals surface area contributed by atoms with Gasteiger partial charge in [0.15, 0.2) is 0 Å². The summed E-state index contributed by atoms with van der Waals surface area (Å²) in [7, 11) is 1.70. The third kappa shape index (κ3) is 7.46. The smallest absolute Gasteiger partial charge is 0.124 e. The molecule has 1 N–H and O–H groups in total. The summed E-state index contributed by atoms with van der Waals surface area (Å²) in [4.78, 5) is 0. The molecule has 0 aliphatic carbocycles. The first-order chi connectivity index (χ1) is 10.3. The van der Waals surface area contributed by atoms with Crippen molar-refractivity contribution in [3.8, 4) is 5.75 Å². The van der Waals surface area contributed by atoms with Gasteiger partial charge in [0, 0.05) is 31.9 Å². The van der Waals surface area contributed by atoms with Crippen LogP contribution < -0.4 is 10.1 Å². The minimum absolute atomic E-state index is 0.295. The maximum atomic E-state index is 5.85. The van der Waals surface area contributed by atoms with Gasteiger partial charge in [-0.25, -0.2) is 0 Å². The third-order valence-corrected chi connectivity index (χ3v) is 3.21. The van der Waals surface area contributed by atoms with Gasteiger partial charge < -0.3 is 19.5 Å². The molecule has 0 aliphatic rings. The molecule has 1 aromatic carbocycles. The number of nitrogens with one attached hydrogen (secondary N) is 1. The highest BCUT2D eigenvalue weighted by atomic mass is 16.5. The Morgan fingerprint density at radius 1 is 1.10 bits per heavy atom. The highest BCUT2D eigenvalue weighted by Gasteiger charge is 2.10. The topological polar surface area (TPSA) is 39.7 Å². The highest BCUT2D eigenvalue weighted by Crippen LogP contribution is 2.24. The molecule has 4 nitrogen and oxygen atoms in total. The lowest BCUT2D eigenvalue weighted by Gasteiger charge is -2.18. The Bertz CT molecular complexity index is 371. The molecule has 1 aromatic rings. The fourth-order valence-corrected chi connectivity index (χ4v) is 2.06. The molecule has 0 heterocycles. The van der Waals surface area contributed by atoms with E-state index in [0.717, 1.165) is 31.7 Å². The van der Waals surface area contributed by atoms with Crippen LogP contribution in [0.25, 0.3) is 0 Å². The quantitative estimate of drug-likeness (QED) is 0.601. The van der Waals surface area contributed by atoms with E-state index in [0.29, 0.717) is 25.9 Å². The first-order valence-electron chi connectivity index (χ1n) is 7.81. The van der Waals surface area contributed by atoms with Gasteiger partial charge >= 0.3 is 0 Å². The summed E-state index contributed by atoms with van der Waals surface area (Å²) in [5.74, 6) is 0.939. The fourth-order valence-electron chi connectivity index (χ4n) is 2.06. The number of benzene rings is 1. The zero-order valence-corrected chi connectivity index (χ0v) is 13.6. The number of hydrogen-bond acceptors (Lipinski definition) is 4. The van der Waals surface area contributed by atoms with E-state index in [2.05, 4.69) is 25.2 Å². The predicted molar refractivity (Wildman–Crippen MR) is 86.0 cm³/mol. The van der Waals surface area contributed by atoms with Crippen LogP contribution in [0.5, 0.6) is 5.75 Å². The number of para-hydroxylation sites is 1. The molecule has 0 radical (unpaired) electrons. The molecule has 0 amide bonds. The molecule has 120 valence electrons. The van der Waals surface area contributed by atoms with Crippen LogP contribution in [-0.2, 0) is 9.47 Å². The molecule has 21 heavy (non-hydrogen) atoms. The summed E-state index contributed by atoms with van der Waals surface area (Å²) in [6.07, 6.45) is 2.05. The highest BCUT2D eigenvalue weighted by molar-refractivity contribution is 5.35. The van der Waals surface area contributed by atoms with Crippen LogP contribution in [0.4, 0.5) is 0 Å². The van der Waals surface area contributed by atoms with Crippen LogP contribution in [0.1, 0.15) is 38.3 Å². The van der Waals surface area contributed by atoms with Gasteiger partial charge in [0.1, 0.15) is 12.4 Å². The number of rotatable bonds is 12. The van der Waals surface area contributed by atoms with Crippen molar-refractivity contribution in [1.29, 1.82) is 0 Å². The molecular weight excluding hydrogens is 266 g/mol. The van der Waals surface area contributed by atoms with E-state index in [-0.39, 0.29) is 0 Å². The summed E-state index contributed by atoms with van der Waals surface area (Å²) in [5, 5.41) is 3.49. The van der Waals surface area contributed by atoms with Crippen molar-refractivity contribution in [2.45, 2.75) is 32.7 Å². The lowest BCUT2D eigenvalue weighted by atomic mass is 10.1. The summed E-state index contributed by atoms with van der Waals surface area (Å²) >= 11 is 0. The molecule has 0 aromatic heterocycles. The minimum Gasteiger partial charge on any atom is -0.491 e. The Morgan fingerprint density at radius 2 is 1.90 bits per heavy atom. The summed E-state index contributed by atoms with van der Waals surface area (Å²) in [6, 6.07) is 8.48. The largest absolute Gasteiger partial charge is 0.491 e. The summed E-state index contributed by atoms with van der Waals surface area (Å²) in [5.41, 5.74) is 1.20. The molecule has 1 atom stereocenters. The monoisotopic (exact) mass is 295 g/mol. The van der Waals surface area contributed by atoms with Crippen molar-refractivity contribution in [1.82, 2.24) is 5.32 Å². The summed E-state index contributed by atoms with van der Waals surface area (Å²) < 4.78 is 16.3. The Labute approximate surface area is 128 Å². The van der Waals surface area contributed by atoms with Crippen LogP contribution in [0.15, 0.2) is 24.3 Å². The SMILES string of the molecule is CCCNC(C)c1ccccc1OCCOCCCOC. The minimum atomic E-state index is 0.295. The normalized spacial score (nSPS) is 12.3. The van der Waals surface area contributed by atoms with Gasteiger partial charge in [-0.1, -0.05) is 25.1 Å². The van der Waals surface area contributed by atoms with E-state index in [1.54, 1.807) is 7.11 Å². The Kier molecular flexibility index (Phi) is 9.87. The molecular formula is C17H29NO3. The van der Waals surface area contributed by atoms with Crippen molar-refractivity contribution in [2.75, 3.05) is 40.1 Å². The number of methoxy groups -OCH3 is 1. The Morgan fingerprint density at radius 3 is 2.67 bits per heavy atom. The standard InChI is InChI=1S/C17H29NO3/c1-4-10-18-15(2)16-8-5-6-9-17(16)21-14-13-20-12-7-11-19-3/h5-6,8-9,15,18H,4,7,10-14H2,1-3H3. The average Bonchev–Trinajstić information content (AvgIpc) is 2.52. The van der Waals surface area contributed by atoms with Crippen LogP contribution >= 0.6 is 0 Å². The predicted octanol–water partition coefficient (Wildman–Crippen LogP) is 3.18. The zero-order chi connectivity index (χ0) is 15.3. The van der Waals surface area contributed by atoms with Gasteiger partial charge in [-0.2, -0.15) is 0 Å². The Balaban J connectivity index is 2.33. The maximum Gasteiger partial charge on any atom is 0.124 e. The van der Waals surface area contributed by atoms with Crippen LogP contribution in [0.3, 0.4) is 0 Å². The van der Waals surface area contributed by atoms with Crippen LogP contribution in [0.2, 0.25) is 0 Å². The third-order valence-electron chi connectivity index (χ3n) is 3.21. The Hall–Kier alpha value is -1.10. The van der Waals surface area contributed by atoms with Crippen LogP contribution in [-0.4, -0.2) is 40.1 Å². The lowest BCUT2D eigenvalue weighted by Crippen LogP contribution is -2.20. The average molecular weight is 295 g/mol. The molecule has 0 saturated carbocycles. The number of ether oxygens (including phenoxy) is 3. The molecule has 0 fully saturated rings.